The Balaban J connectivity index is 1.66. The van der Waals surface area contributed by atoms with E-state index in [9.17, 15) is 4.79 Å². The molecule has 3 rings (SSSR count). The molecule has 1 fully saturated rings. The van der Waals surface area contributed by atoms with Gasteiger partial charge in [0.25, 0.3) is 0 Å². The van der Waals surface area contributed by atoms with E-state index in [0.29, 0.717) is 11.0 Å². The number of nitrogens with zero attached hydrogens (tertiary/aromatic N) is 2. The largest absolute Gasteiger partial charge is 0.496 e. The van der Waals surface area contributed by atoms with Crippen molar-refractivity contribution in [3.05, 3.63) is 40.4 Å². The molecule has 0 aliphatic heterocycles. The van der Waals surface area contributed by atoms with Crippen LogP contribution in [0.15, 0.2) is 24.3 Å². The van der Waals surface area contributed by atoms with Gasteiger partial charge in [-0.1, -0.05) is 23.0 Å². The zero-order valence-electron chi connectivity index (χ0n) is 12.5. The van der Waals surface area contributed by atoms with Crippen LogP contribution in [0.5, 0.6) is 5.75 Å². The molecule has 5 nitrogen and oxygen atoms in total. The normalized spacial score (nSPS) is 14.3. The molecule has 0 atom stereocenters. The molecule has 1 N–H and O–H groups in total. The number of carbonyl (C=O) groups is 1. The first-order valence-corrected chi connectivity index (χ1v) is 7.94. The van der Waals surface area contributed by atoms with Gasteiger partial charge in [0, 0.05) is 17.6 Å². The van der Waals surface area contributed by atoms with Crippen LogP contribution in [0.1, 0.15) is 34.9 Å². The van der Waals surface area contributed by atoms with E-state index in [1.54, 1.807) is 13.2 Å². The maximum atomic E-state index is 12.0. The molecule has 114 valence electrons. The highest BCUT2D eigenvalue weighted by Gasteiger charge is 2.27. The van der Waals surface area contributed by atoms with Gasteiger partial charge in [-0.05, 0) is 38.0 Å². The van der Waals surface area contributed by atoms with Crippen LogP contribution in [0.3, 0.4) is 0 Å². The Morgan fingerprint density at radius 2 is 2.23 bits per heavy atom. The number of rotatable bonds is 5. The monoisotopic (exact) mass is 315 g/mol. The maximum absolute atomic E-state index is 12.0. The van der Waals surface area contributed by atoms with Crippen LogP contribution in [-0.2, 0) is 4.79 Å². The zero-order valence-corrected chi connectivity index (χ0v) is 13.3. The fourth-order valence-electron chi connectivity index (χ4n) is 2.08. The smallest absolute Gasteiger partial charge is 0.250 e. The third-order valence-electron chi connectivity index (χ3n) is 3.40. The minimum atomic E-state index is -0.220. The molecule has 22 heavy (non-hydrogen) atoms. The van der Waals surface area contributed by atoms with Gasteiger partial charge in [0.2, 0.25) is 11.0 Å². The number of aryl methyl sites for hydroxylation is 1. The summed E-state index contributed by atoms with van der Waals surface area (Å²) in [6, 6.07) is 5.83. The molecule has 0 unspecified atom stereocenters. The van der Waals surface area contributed by atoms with Crippen LogP contribution in [0.4, 0.5) is 5.13 Å². The summed E-state index contributed by atoms with van der Waals surface area (Å²) in [6.07, 6.45) is 5.57. The van der Waals surface area contributed by atoms with E-state index in [1.165, 1.54) is 30.3 Å². The van der Waals surface area contributed by atoms with Crippen LogP contribution < -0.4 is 10.1 Å². The van der Waals surface area contributed by atoms with Gasteiger partial charge in [-0.2, -0.15) is 0 Å². The number of anilines is 1. The molecular formula is C16H17N3O2S. The van der Waals surface area contributed by atoms with E-state index in [-0.39, 0.29) is 5.91 Å². The summed E-state index contributed by atoms with van der Waals surface area (Å²) in [5.74, 6) is 1.07. The molecule has 1 heterocycles. The van der Waals surface area contributed by atoms with Gasteiger partial charge in [0.1, 0.15) is 10.8 Å². The lowest BCUT2D eigenvalue weighted by atomic mass is 10.1. The summed E-state index contributed by atoms with van der Waals surface area (Å²) in [7, 11) is 1.61. The molecule has 0 bridgehead atoms. The molecule has 1 aliphatic carbocycles. The minimum absolute atomic E-state index is 0.220. The maximum Gasteiger partial charge on any atom is 0.250 e. The number of aromatic nitrogens is 2. The second kappa shape index (κ2) is 6.27. The highest BCUT2D eigenvalue weighted by atomic mass is 32.1. The fraction of sp³-hybridized carbons (Fsp3) is 0.312. The van der Waals surface area contributed by atoms with Crippen molar-refractivity contribution in [1.29, 1.82) is 0 Å². The summed E-state index contributed by atoms with van der Waals surface area (Å²) < 4.78 is 5.28. The Morgan fingerprint density at radius 3 is 2.95 bits per heavy atom. The predicted octanol–water partition coefficient (Wildman–Crippen LogP) is 3.38. The van der Waals surface area contributed by atoms with E-state index < -0.39 is 0 Å². The molecule has 1 amide bonds. The summed E-state index contributed by atoms with van der Waals surface area (Å²) in [5, 5.41) is 12.4. The molecule has 0 radical (unpaired) electrons. The zero-order chi connectivity index (χ0) is 15.5. The summed E-state index contributed by atoms with van der Waals surface area (Å²) in [5.41, 5.74) is 1.98. The lowest BCUT2D eigenvalue weighted by molar-refractivity contribution is -0.111. The van der Waals surface area contributed by atoms with Gasteiger partial charge in [0.05, 0.1) is 7.11 Å². The summed E-state index contributed by atoms with van der Waals surface area (Å²) in [6.45, 7) is 2.00. The number of methoxy groups -OCH3 is 1. The number of hydrogen-bond acceptors (Lipinski definition) is 5. The Bertz CT molecular complexity index is 720. The Labute approximate surface area is 133 Å². The van der Waals surface area contributed by atoms with Crippen molar-refractivity contribution in [2.45, 2.75) is 25.7 Å². The van der Waals surface area contributed by atoms with Gasteiger partial charge in [-0.3, -0.25) is 10.1 Å². The van der Waals surface area contributed by atoms with Crippen LogP contribution in [0, 0.1) is 6.92 Å². The number of ether oxygens (including phenoxy) is 1. The second-order valence-corrected chi connectivity index (χ2v) is 6.30. The van der Waals surface area contributed by atoms with Crippen molar-refractivity contribution >= 4 is 28.5 Å². The van der Waals surface area contributed by atoms with Crippen LogP contribution in [0.2, 0.25) is 0 Å². The van der Waals surface area contributed by atoms with Gasteiger partial charge >= 0.3 is 0 Å². The number of hydrogen-bond donors (Lipinski definition) is 1. The number of carbonyl (C=O) groups excluding carboxylic acids is 1. The van der Waals surface area contributed by atoms with Gasteiger partial charge in [0.15, 0.2) is 0 Å². The highest BCUT2D eigenvalue weighted by molar-refractivity contribution is 7.15. The number of nitrogens with one attached hydrogen (secondary N) is 1. The molecule has 2 aromatic rings. The quantitative estimate of drug-likeness (QED) is 0.859. The Morgan fingerprint density at radius 1 is 1.41 bits per heavy atom. The lowest BCUT2D eigenvalue weighted by Crippen LogP contribution is -2.07. The van der Waals surface area contributed by atoms with E-state index in [2.05, 4.69) is 15.5 Å². The average Bonchev–Trinajstić information content (AvgIpc) is 3.26. The second-order valence-electron chi connectivity index (χ2n) is 5.29. The third-order valence-corrected chi connectivity index (χ3v) is 4.40. The average molecular weight is 315 g/mol. The first kappa shape index (κ1) is 14.7. The molecule has 1 aromatic carbocycles. The molecule has 1 saturated carbocycles. The SMILES string of the molecule is COc1ccc(C)cc1/C=C/C(=O)Nc1nnc(C2CC2)s1. The molecule has 0 saturated heterocycles. The Hall–Kier alpha value is -2.21. The Kier molecular flexibility index (Phi) is 4.20. The van der Waals surface area contributed by atoms with Gasteiger partial charge in [-0.15, -0.1) is 10.2 Å². The topological polar surface area (TPSA) is 64.1 Å². The van der Waals surface area contributed by atoms with Gasteiger partial charge in [-0.25, -0.2) is 0 Å². The first-order chi connectivity index (χ1) is 10.7. The fourth-order valence-corrected chi connectivity index (χ4v) is 2.99. The van der Waals surface area contributed by atoms with E-state index in [1.807, 2.05) is 25.1 Å². The predicted molar refractivity (Wildman–Crippen MR) is 87.3 cm³/mol. The van der Waals surface area contributed by atoms with Crippen LogP contribution in [-0.4, -0.2) is 23.2 Å². The van der Waals surface area contributed by atoms with Crippen molar-refractivity contribution < 1.29 is 9.53 Å². The van der Waals surface area contributed by atoms with Crippen molar-refractivity contribution in [3.63, 3.8) is 0 Å². The van der Waals surface area contributed by atoms with Gasteiger partial charge < -0.3 is 4.74 Å². The molecular weight excluding hydrogens is 298 g/mol. The van der Waals surface area contributed by atoms with Crippen molar-refractivity contribution in [1.82, 2.24) is 10.2 Å². The third kappa shape index (κ3) is 3.51. The molecule has 0 spiro atoms. The number of benzene rings is 1. The first-order valence-electron chi connectivity index (χ1n) is 7.13. The van der Waals surface area contributed by atoms with E-state index in [0.717, 1.165) is 21.9 Å². The summed E-state index contributed by atoms with van der Waals surface area (Å²) >= 11 is 1.45. The van der Waals surface area contributed by atoms with E-state index in [4.69, 9.17) is 4.74 Å². The van der Waals surface area contributed by atoms with Crippen molar-refractivity contribution in [3.8, 4) is 5.75 Å². The van der Waals surface area contributed by atoms with Crippen molar-refractivity contribution in [2.75, 3.05) is 12.4 Å². The van der Waals surface area contributed by atoms with Crippen LogP contribution >= 0.6 is 11.3 Å². The standard InChI is InChI=1S/C16H17N3O2S/c1-10-3-7-13(21-2)12(9-10)6-8-14(20)17-16-19-18-15(22-16)11-4-5-11/h3,6-9,11H,4-5H2,1-2H3,(H,17,19,20)/b8-6+. The minimum Gasteiger partial charge on any atom is -0.496 e. The molecule has 1 aliphatic rings. The number of amides is 1. The highest BCUT2D eigenvalue weighted by Crippen LogP contribution is 2.42. The van der Waals surface area contributed by atoms with Crippen LogP contribution in [0.25, 0.3) is 6.08 Å². The molecule has 6 heteroatoms. The summed E-state index contributed by atoms with van der Waals surface area (Å²) in [4.78, 5) is 12.0. The molecule has 1 aromatic heterocycles. The van der Waals surface area contributed by atoms with E-state index >= 15 is 0 Å². The van der Waals surface area contributed by atoms with Crippen molar-refractivity contribution in [2.24, 2.45) is 0 Å². The lowest BCUT2D eigenvalue weighted by Gasteiger charge is -2.05.